The van der Waals surface area contributed by atoms with Gasteiger partial charge in [-0.25, -0.2) is 0 Å². The van der Waals surface area contributed by atoms with Crippen molar-refractivity contribution in [2.45, 2.75) is 64.5 Å². The summed E-state index contributed by atoms with van der Waals surface area (Å²) >= 11 is 0. The molecule has 1 atom stereocenters. The maximum atomic E-state index is 12.1. The standard InChI is InChI=1S/C18H28N2O/c1-14-8-6-7-9-16(14)12-13-19-15(2)18(21)20-17-10-4-3-5-11-17/h6-9,15,17,19H,3-5,10-13H2,1-2H3,(H,20,21). The summed E-state index contributed by atoms with van der Waals surface area (Å²) < 4.78 is 0. The van der Waals surface area contributed by atoms with Gasteiger partial charge in [-0.05, 0) is 50.8 Å². The minimum Gasteiger partial charge on any atom is -0.352 e. The van der Waals surface area contributed by atoms with Crippen molar-refractivity contribution in [3.63, 3.8) is 0 Å². The molecule has 3 heteroatoms. The van der Waals surface area contributed by atoms with E-state index in [2.05, 4.69) is 41.8 Å². The highest BCUT2D eigenvalue weighted by Gasteiger charge is 2.19. The van der Waals surface area contributed by atoms with Crippen LogP contribution in [0.1, 0.15) is 50.2 Å². The zero-order valence-electron chi connectivity index (χ0n) is 13.3. The lowest BCUT2D eigenvalue weighted by Gasteiger charge is -2.24. The Labute approximate surface area is 128 Å². The quantitative estimate of drug-likeness (QED) is 0.845. The zero-order chi connectivity index (χ0) is 15.1. The summed E-state index contributed by atoms with van der Waals surface area (Å²) in [4.78, 5) is 12.1. The van der Waals surface area contributed by atoms with Gasteiger partial charge in [0.15, 0.2) is 0 Å². The van der Waals surface area contributed by atoms with Gasteiger partial charge in [-0.2, -0.15) is 0 Å². The molecule has 1 fully saturated rings. The van der Waals surface area contributed by atoms with Gasteiger partial charge in [0.1, 0.15) is 0 Å². The van der Waals surface area contributed by atoms with E-state index in [1.54, 1.807) is 0 Å². The number of hydrogen-bond donors (Lipinski definition) is 2. The Morgan fingerprint density at radius 3 is 2.67 bits per heavy atom. The Kier molecular flexibility index (Phi) is 6.24. The first-order valence-electron chi connectivity index (χ1n) is 8.25. The number of rotatable bonds is 6. The number of nitrogens with one attached hydrogen (secondary N) is 2. The SMILES string of the molecule is Cc1ccccc1CCNC(C)C(=O)NC1CCCCC1. The van der Waals surface area contributed by atoms with Crippen LogP contribution in [0.2, 0.25) is 0 Å². The van der Waals surface area contributed by atoms with Crippen LogP contribution in [0.5, 0.6) is 0 Å². The van der Waals surface area contributed by atoms with E-state index < -0.39 is 0 Å². The zero-order valence-corrected chi connectivity index (χ0v) is 13.3. The summed E-state index contributed by atoms with van der Waals surface area (Å²) in [6, 6.07) is 8.70. The largest absolute Gasteiger partial charge is 0.352 e. The fraction of sp³-hybridized carbons (Fsp3) is 0.611. The van der Waals surface area contributed by atoms with E-state index in [1.807, 2.05) is 6.92 Å². The van der Waals surface area contributed by atoms with Crippen molar-refractivity contribution in [1.29, 1.82) is 0 Å². The minimum atomic E-state index is -0.115. The second-order valence-electron chi connectivity index (χ2n) is 6.20. The molecule has 0 saturated heterocycles. The molecular formula is C18H28N2O. The van der Waals surface area contributed by atoms with Gasteiger partial charge >= 0.3 is 0 Å². The molecular weight excluding hydrogens is 260 g/mol. The van der Waals surface area contributed by atoms with Gasteiger partial charge in [0.25, 0.3) is 0 Å². The molecule has 0 aromatic heterocycles. The Morgan fingerprint density at radius 2 is 1.95 bits per heavy atom. The van der Waals surface area contributed by atoms with Gasteiger partial charge in [-0.3, -0.25) is 4.79 Å². The molecule has 3 nitrogen and oxygen atoms in total. The van der Waals surface area contributed by atoms with Crippen molar-refractivity contribution in [3.8, 4) is 0 Å². The highest BCUT2D eigenvalue weighted by atomic mass is 16.2. The fourth-order valence-electron chi connectivity index (χ4n) is 2.98. The fourth-order valence-corrected chi connectivity index (χ4v) is 2.98. The van der Waals surface area contributed by atoms with Crippen LogP contribution in [-0.4, -0.2) is 24.5 Å². The van der Waals surface area contributed by atoms with Gasteiger partial charge < -0.3 is 10.6 Å². The number of hydrogen-bond acceptors (Lipinski definition) is 2. The van der Waals surface area contributed by atoms with Crippen molar-refractivity contribution in [1.82, 2.24) is 10.6 Å². The lowest BCUT2D eigenvalue weighted by atomic mass is 9.95. The third-order valence-electron chi connectivity index (χ3n) is 4.45. The topological polar surface area (TPSA) is 41.1 Å². The molecule has 21 heavy (non-hydrogen) atoms. The van der Waals surface area contributed by atoms with Crippen LogP contribution >= 0.6 is 0 Å². The normalized spacial score (nSPS) is 17.4. The number of aryl methyl sites for hydroxylation is 1. The Balaban J connectivity index is 1.70. The molecule has 1 unspecified atom stereocenters. The van der Waals surface area contributed by atoms with Crippen molar-refractivity contribution in [2.75, 3.05) is 6.54 Å². The average molecular weight is 288 g/mol. The maximum absolute atomic E-state index is 12.1. The molecule has 1 aromatic rings. The predicted octanol–water partition coefficient (Wildman–Crippen LogP) is 2.96. The van der Waals surface area contributed by atoms with Gasteiger partial charge in [0.2, 0.25) is 5.91 Å². The van der Waals surface area contributed by atoms with Crippen LogP contribution in [0, 0.1) is 6.92 Å². The van der Waals surface area contributed by atoms with Crippen molar-refractivity contribution in [3.05, 3.63) is 35.4 Å². The minimum absolute atomic E-state index is 0.115. The molecule has 0 heterocycles. The molecule has 2 N–H and O–H groups in total. The smallest absolute Gasteiger partial charge is 0.237 e. The number of carbonyl (C=O) groups excluding carboxylic acids is 1. The molecule has 2 rings (SSSR count). The lowest BCUT2D eigenvalue weighted by molar-refractivity contribution is -0.123. The molecule has 1 aliphatic carbocycles. The van der Waals surface area contributed by atoms with Gasteiger partial charge in [0.05, 0.1) is 6.04 Å². The van der Waals surface area contributed by atoms with E-state index in [4.69, 9.17) is 0 Å². The van der Waals surface area contributed by atoms with E-state index in [9.17, 15) is 4.79 Å². The third kappa shape index (κ3) is 5.16. The van der Waals surface area contributed by atoms with E-state index >= 15 is 0 Å². The maximum Gasteiger partial charge on any atom is 0.237 e. The molecule has 0 radical (unpaired) electrons. The van der Waals surface area contributed by atoms with Crippen LogP contribution < -0.4 is 10.6 Å². The van der Waals surface area contributed by atoms with Crippen LogP contribution in [0.4, 0.5) is 0 Å². The molecule has 1 aliphatic rings. The summed E-state index contributed by atoms with van der Waals surface area (Å²) in [5.41, 5.74) is 2.67. The van der Waals surface area contributed by atoms with Crippen LogP contribution in [0.25, 0.3) is 0 Å². The number of carbonyl (C=O) groups is 1. The van der Waals surface area contributed by atoms with Crippen molar-refractivity contribution < 1.29 is 4.79 Å². The monoisotopic (exact) mass is 288 g/mol. The molecule has 0 bridgehead atoms. The summed E-state index contributed by atoms with van der Waals surface area (Å²) in [5, 5.41) is 6.51. The van der Waals surface area contributed by atoms with Crippen molar-refractivity contribution >= 4 is 5.91 Å². The van der Waals surface area contributed by atoms with E-state index in [1.165, 1.54) is 30.4 Å². The summed E-state index contributed by atoms with van der Waals surface area (Å²) in [7, 11) is 0. The first-order valence-corrected chi connectivity index (χ1v) is 8.25. The summed E-state index contributed by atoms with van der Waals surface area (Å²) in [5.74, 6) is 0.145. The van der Waals surface area contributed by atoms with E-state index in [-0.39, 0.29) is 11.9 Å². The molecule has 1 saturated carbocycles. The van der Waals surface area contributed by atoms with Crippen molar-refractivity contribution in [2.24, 2.45) is 0 Å². The lowest BCUT2D eigenvalue weighted by Crippen LogP contribution is -2.47. The molecule has 0 spiro atoms. The predicted molar refractivity (Wildman–Crippen MR) is 87.4 cm³/mol. The Bertz CT molecular complexity index is 452. The molecule has 116 valence electrons. The Morgan fingerprint density at radius 1 is 1.24 bits per heavy atom. The highest BCUT2D eigenvalue weighted by Crippen LogP contribution is 2.17. The van der Waals surface area contributed by atoms with E-state index in [0.717, 1.165) is 25.8 Å². The average Bonchev–Trinajstić information content (AvgIpc) is 2.50. The Hall–Kier alpha value is -1.35. The van der Waals surface area contributed by atoms with Crippen LogP contribution in [0.15, 0.2) is 24.3 Å². The highest BCUT2D eigenvalue weighted by molar-refractivity contribution is 5.81. The summed E-state index contributed by atoms with van der Waals surface area (Å²) in [6.07, 6.45) is 7.06. The van der Waals surface area contributed by atoms with E-state index in [0.29, 0.717) is 6.04 Å². The second kappa shape index (κ2) is 8.18. The summed E-state index contributed by atoms with van der Waals surface area (Å²) in [6.45, 7) is 4.93. The molecule has 1 amide bonds. The molecule has 1 aromatic carbocycles. The van der Waals surface area contributed by atoms with Crippen LogP contribution in [0.3, 0.4) is 0 Å². The molecule has 0 aliphatic heterocycles. The second-order valence-corrected chi connectivity index (χ2v) is 6.20. The van der Waals surface area contributed by atoms with Gasteiger partial charge in [0, 0.05) is 6.04 Å². The van der Waals surface area contributed by atoms with Gasteiger partial charge in [-0.1, -0.05) is 43.5 Å². The van der Waals surface area contributed by atoms with Crippen LogP contribution in [-0.2, 0) is 11.2 Å². The third-order valence-corrected chi connectivity index (χ3v) is 4.45. The first kappa shape index (κ1) is 16.0. The first-order chi connectivity index (χ1) is 10.2. The number of benzene rings is 1. The van der Waals surface area contributed by atoms with Gasteiger partial charge in [-0.15, -0.1) is 0 Å². The number of amides is 1.